The maximum atomic E-state index is 12.9. The number of nitrogens with zero attached hydrogens (tertiary/aromatic N) is 6. The zero-order chi connectivity index (χ0) is 19.9. The molecule has 0 saturated carbocycles. The molecule has 2 aromatic heterocycles. The van der Waals surface area contributed by atoms with Gasteiger partial charge in [0.2, 0.25) is 10.0 Å². The number of anilines is 1. The first kappa shape index (κ1) is 18.6. The lowest BCUT2D eigenvalue weighted by Gasteiger charge is -2.35. The minimum Gasteiger partial charge on any atom is -0.367 e. The highest BCUT2D eigenvalue weighted by Gasteiger charge is 2.34. The Morgan fingerprint density at radius 1 is 1.04 bits per heavy atom. The van der Waals surface area contributed by atoms with Crippen LogP contribution in [0.3, 0.4) is 0 Å². The SMILES string of the molecule is O=S(=O)(c1cccc(C(F)(F)F)c1)N1CCN(c2cnn3cnnc3c2)CC1. The Hall–Kier alpha value is -2.73. The van der Waals surface area contributed by atoms with Gasteiger partial charge in [0.25, 0.3) is 0 Å². The number of alkyl halides is 3. The van der Waals surface area contributed by atoms with Gasteiger partial charge in [-0.3, -0.25) is 0 Å². The number of fused-ring (bicyclic) bond motifs is 1. The van der Waals surface area contributed by atoms with Crippen LogP contribution in [0, 0.1) is 0 Å². The molecular weight excluding hydrogens is 397 g/mol. The van der Waals surface area contributed by atoms with Gasteiger partial charge >= 0.3 is 6.18 Å². The highest BCUT2D eigenvalue weighted by atomic mass is 32.2. The van der Waals surface area contributed by atoms with E-state index in [0.717, 1.165) is 17.8 Å². The van der Waals surface area contributed by atoms with E-state index in [1.807, 2.05) is 4.90 Å². The maximum absolute atomic E-state index is 12.9. The third kappa shape index (κ3) is 3.40. The Labute approximate surface area is 158 Å². The number of sulfonamides is 1. The second-order valence-corrected chi connectivity index (χ2v) is 8.20. The third-order valence-electron chi connectivity index (χ3n) is 4.55. The summed E-state index contributed by atoms with van der Waals surface area (Å²) in [7, 11) is -4.01. The summed E-state index contributed by atoms with van der Waals surface area (Å²) in [5.41, 5.74) is 0.355. The fraction of sp³-hybridized carbons (Fsp3) is 0.312. The molecule has 0 atom stereocenters. The second-order valence-electron chi connectivity index (χ2n) is 6.26. The molecule has 0 bridgehead atoms. The van der Waals surface area contributed by atoms with Gasteiger partial charge in [-0.2, -0.15) is 22.6 Å². The predicted octanol–water partition coefficient (Wildman–Crippen LogP) is 1.65. The number of benzene rings is 1. The minimum absolute atomic E-state index is 0.149. The fourth-order valence-corrected chi connectivity index (χ4v) is 4.52. The molecule has 0 unspecified atom stereocenters. The zero-order valence-electron chi connectivity index (χ0n) is 14.4. The monoisotopic (exact) mass is 412 g/mol. The summed E-state index contributed by atoms with van der Waals surface area (Å²) >= 11 is 0. The largest absolute Gasteiger partial charge is 0.416 e. The van der Waals surface area contributed by atoms with Crippen molar-refractivity contribution in [2.24, 2.45) is 0 Å². The Morgan fingerprint density at radius 3 is 2.50 bits per heavy atom. The smallest absolute Gasteiger partial charge is 0.367 e. The summed E-state index contributed by atoms with van der Waals surface area (Å²) < 4.78 is 66.9. The van der Waals surface area contributed by atoms with Gasteiger partial charge in [0.05, 0.1) is 22.3 Å². The molecule has 1 aromatic carbocycles. The minimum atomic E-state index is -4.60. The zero-order valence-corrected chi connectivity index (χ0v) is 15.2. The van der Waals surface area contributed by atoms with Gasteiger partial charge in [0.15, 0.2) is 5.65 Å². The first-order valence-corrected chi connectivity index (χ1v) is 9.77. The summed E-state index contributed by atoms with van der Waals surface area (Å²) in [5, 5.41) is 11.9. The molecule has 0 amide bonds. The van der Waals surface area contributed by atoms with Crippen molar-refractivity contribution in [1.82, 2.24) is 24.1 Å². The van der Waals surface area contributed by atoms with Crippen LogP contribution in [-0.2, 0) is 16.2 Å². The molecule has 0 aliphatic carbocycles. The van der Waals surface area contributed by atoms with E-state index in [1.165, 1.54) is 21.2 Å². The number of rotatable bonds is 3. The van der Waals surface area contributed by atoms with Crippen LogP contribution in [0.4, 0.5) is 18.9 Å². The first-order valence-electron chi connectivity index (χ1n) is 8.33. The Kier molecular flexibility index (Phi) is 4.46. The van der Waals surface area contributed by atoms with Gasteiger partial charge in [-0.15, -0.1) is 10.2 Å². The van der Waals surface area contributed by atoms with Crippen molar-refractivity contribution in [3.05, 3.63) is 48.4 Å². The summed E-state index contributed by atoms with van der Waals surface area (Å²) in [6.45, 7) is 1.06. The molecule has 12 heteroatoms. The Bertz CT molecular complexity index is 1110. The van der Waals surface area contributed by atoms with E-state index in [4.69, 9.17) is 0 Å². The van der Waals surface area contributed by atoms with Crippen molar-refractivity contribution in [2.45, 2.75) is 11.1 Å². The highest BCUT2D eigenvalue weighted by Crippen LogP contribution is 2.31. The van der Waals surface area contributed by atoms with E-state index in [0.29, 0.717) is 24.8 Å². The molecule has 148 valence electrons. The van der Waals surface area contributed by atoms with E-state index in [-0.39, 0.29) is 18.0 Å². The van der Waals surface area contributed by atoms with Gasteiger partial charge < -0.3 is 4.90 Å². The van der Waals surface area contributed by atoms with E-state index >= 15 is 0 Å². The molecule has 1 saturated heterocycles. The van der Waals surface area contributed by atoms with Gasteiger partial charge in [-0.1, -0.05) is 6.07 Å². The highest BCUT2D eigenvalue weighted by molar-refractivity contribution is 7.89. The Morgan fingerprint density at radius 2 is 1.79 bits per heavy atom. The van der Waals surface area contributed by atoms with Crippen LogP contribution in [0.2, 0.25) is 0 Å². The van der Waals surface area contributed by atoms with Gasteiger partial charge in [0.1, 0.15) is 6.33 Å². The molecule has 28 heavy (non-hydrogen) atoms. The normalized spacial score (nSPS) is 16.6. The molecule has 0 spiro atoms. The number of piperazine rings is 1. The Balaban J connectivity index is 1.51. The molecule has 1 aliphatic rings. The van der Waals surface area contributed by atoms with Crippen molar-refractivity contribution in [2.75, 3.05) is 31.1 Å². The topological polar surface area (TPSA) is 83.7 Å². The summed E-state index contributed by atoms with van der Waals surface area (Å²) in [6, 6.07) is 5.60. The van der Waals surface area contributed by atoms with Crippen LogP contribution in [0.1, 0.15) is 5.56 Å². The molecule has 0 radical (unpaired) electrons. The van der Waals surface area contributed by atoms with Crippen molar-refractivity contribution in [1.29, 1.82) is 0 Å². The lowest BCUT2D eigenvalue weighted by Crippen LogP contribution is -2.48. The van der Waals surface area contributed by atoms with E-state index in [9.17, 15) is 21.6 Å². The summed E-state index contributed by atoms with van der Waals surface area (Å²) in [6.07, 6.45) is -1.50. The van der Waals surface area contributed by atoms with Crippen molar-refractivity contribution in [3.8, 4) is 0 Å². The first-order chi connectivity index (χ1) is 13.2. The maximum Gasteiger partial charge on any atom is 0.416 e. The van der Waals surface area contributed by atoms with Crippen LogP contribution in [-0.4, -0.2) is 58.7 Å². The average Bonchev–Trinajstić information content (AvgIpc) is 3.15. The average molecular weight is 412 g/mol. The molecule has 0 N–H and O–H groups in total. The third-order valence-corrected chi connectivity index (χ3v) is 6.44. The summed E-state index contributed by atoms with van der Waals surface area (Å²) in [5.74, 6) is 0. The number of halogens is 3. The van der Waals surface area contributed by atoms with Crippen molar-refractivity contribution < 1.29 is 21.6 Å². The number of hydrogen-bond acceptors (Lipinski definition) is 6. The lowest BCUT2D eigenvalue weighted by molar-refractivity contribution is -0.137. The molecule has 8 nitrogen and oxygen atoms in total. The molecule has 1 fully saturated rings. The van der Waals surface area contributed by atoms with Crippen LogP contribution in [0.5, 0.6) is 0 Å². The van der Waals surface area contributed by atoms with Crippen LogP contribution < -0.4 is 4.90 Å². The van der Waals surface area contributed by atoms with Gasteiger partial charge in [-0.05, 0) is 18.2 Å². The van der Waals surface area contributed by atoms with Gasteiger partial charge in [-0.25, -0.2) is 12.9 Å². The molecule has 3 aromatic rings. The molecule has 1 aliphatic heterocycles. The van der Waals surface area contributed by atoms with E-state index in [1.54, 1.807) is 12.3 Å². The van der Waals surface area contributed by atoms with Crippen molar-refractivity contribution >= 4 is 21.4 Å². The second kappa shape index (κ2) is 6.71. The quantitative estimate of drug-likeness (QED) is 0.651. The van der Waals surface area contributed by atoms with Gasteiger partial charge in [0, 0.05) is 32.2 Å². The molecular formula is C16H15F3N6O2S. The number of hydrogen-bond donors (Lipinski definition) is 0. The lowest BCUT2D eigenvalue weighted by atomic mass is 10.2. The van der Waals surface area contributed by atoms with Crippen LogP contribution in [0.15, 0.2) is 47.8 Å². The predicted molar refractivity (Wildman–Crippen MR) is 93.2 cm³/mol. The standard InChI is InChI=1S/C16H15F3N6O2S/c17-16(18,19)12-2-1-3-14(8-12)28(26,27)24-6-4-23(5-7-24)13-9-15-22-20-11-25(15)21-10-13/h1-3,8-11H,4-7H2. The van der Waals surface area contributed by atoms with E-state index < -0.39 is 21.8 Å². The fourth-order valence-electron chi connectivity index (χ4n) is 3.06. The molecule has 3 heterocycles. The summed E-state index contributed by atoms with van der Waals surface area (Å²) in [4.78, 5) is 1.59. The molecule has 4 rings (SSSR count). The number of aromatic nitrogens is 4. The van der Waals surface area contributed by atoms with E-state index in [2.05, 4.69) is 15.3 Å². The van der Waals surface area contributed by atoms with Crippen molar-refractivity contribution in [3.63, 3.8) is 0 Å². The van der Waals surface area contributed by atoms with Crippen LogP contribution >= 0.6 is 0 Å². The van der Waals surface area contributed by atoms with Crippen LogP contribution in [0.25, 0.3) is 5.65 Å².